The Labute approximate surface area is 167 Å². The van der Waals surface area contributed by atoms with Crippen LogP contribution in [0.3, 0.4) is 0 Å². The summed E-state index contributed by atoms with van der Waals surface area (Å²) in [7, 11) is 0. The summed E-state index contributed by atoms with van der Waals surface area (Å²) in [5.41, 5.74) is 1.33. The number of aromatic nitrogens is 4. The van der Waals surface area contributed by atoms with Crippen LogP contribution >= 0.6 is 0 Å². The van der Waals surface area contributed by atoms with Crippen LogP contribution in [-0.4, -0.2) is 39.2 Å². The predicted molar refractivity (Wildman–Crippen MR) is 108 cm³/mol. The fourth-order valence-corrected chi connectivity index (χ4v) is 2.47. The molecule has 0 atom stereocenters. The third kappa shape index (κ3) is 5.43. The van der Waals surface area contributed by atoms with Crippen LogP contribution in [0.25, 0.3) is 0 Å². The second-order valence-electron chi connectivity index (χ2n) is 6.07. The van der Waals surface area contributed by atoms with Crippen molar-refractivity contribution in [1.82, 2.24) is 20.2 Å². The van der Waals surface area contributed by atoms with Gasteiger partial charge in [-0.2, -0.15) is 10.4 Å². The Hall–Kier alpha value is -4.13. The highest BCUT2D eigenvalue weighted by molar-refractivity contribution is 5.89. The van der Waals surface area contributed by atoms with Gasteiger partial charge >= 0.3 is 0 Å². The van der Waals surface area contributed by atoms with Gasteiger partial charge in [-0.1, -0.05) is 0 Å². The second-order valence-corrected chi connectivity index (χ2v) is 6.07. The maximum Gasteiger partial charge on any atom is 0.222 e. The highest BCUT2D eigenvalue weighted by atomic mass is 16.5. The van der Waals surface area contributed by atoms with Gasteiger partial charge in [-0.25, -0.2) is 9.97 Å². The summed E-state index contributed by atoms with van der Waals surface area (Å²) < 4.78 is 5.68. The minimum atomic E-state index is -0.231. The van der Waals surface area contributed by atoms with Gasteiger partial charge in [0.1, 0.15) is 24.3 Å². The summed E-state index contributed by atoms with van der Waals surface area (Å²) in [5, 5.41) is 25.0. The first-order valence-electron chi connectivity index (χ1n) is 8.84. The number of amides is 1. The molecule has 0 spiro atoms. The van der Waals surface area contributed by atoms with E-state index in [4.69, 9.17) is 4.74 Å². The minimum absolute atomic E-state index is 0.231. The van der Waals surface area contributed by atoms with E-state index in [1.807, 2.05) is 13.0 Å². The molecular formula is C19H20N8O2. The number of carbonyl (C=O) groups excluding carboxylic acids is 1. The first-order chi connectivity index (χ1) is 14.0. The molecule has 0 aromatic carbocycles. The Balaban J connectivity index is 1.61. The van der Waals surface area contributed by atoms with E-state index in [1.54, 1.807) is 30.5 Å². The lowest BCUT2D eigenvalue weighted by atomic mass is 10.2. The van der Waals surface area contributed by atoms with E-state index in [9.17, 15) is 10.1 Å². The topological polar surface area (TPSA) is 141 Å². The van der Waals surface area contributed by atoms with Gasteiger partial charge in [0.2, 0.25) is 5.91 Å². The van der Waals surface area contributed by atoms with Gasteiger partial charge < -0.3 is 20.7 Å². The molecule has 0 saturated heterocycles. The number of nitrogens with zero attached hydrogens (tertiary/aromatic N) is 4. The van der Waals surface area contributed by atoms with Gasteiger partial charge in [-0.15, -0.1) is 0 Å². The fourth-order valence-electron chi connectivity index (χ4n) is 2.47. The quantitative estimate of drug-likeness (QED) is 0.429. The van der Waals surface area contributed by atoms with Crippen LogP contribution in [0.5, 0.6) is 5.75 Å². The van der Waals surface area contributed by atoms with Gasteiger partial charge in [0, 0.05) is 24.9 Å². The van der Waals surface area contributed by atoms with Crippen molar-refractivity contribution in [2.45, 2.75) is 13.8 Å². The molecular weight excluding hydrogens is 372 g/mol. The summed E-state index contributed by atoms with van der Waals surface area (Å²) in [6.07, 6.45) is 1.57. The van der Waals surface area contributed by atoms with E-state index in [0.717, 1.165) is 5.69 Å². The Morgan fingerprint density at radius 3 is 2.86 bits per heavy atom. The summed E-state index contributed by atoms with van der Waals surface area (Å²) >= 11 is 0. The highest BCUT2D eigenvalue weighted by Gasteiger charge is 2.08. The predicted octanol–water partition coefficient (Wildman–Crippen LogP) is 2.57. The van der Waals surface area contributed by atoms with Crippen LogP contribution in [0.2, 0.25) is 0 Å². The summed E-state index contributed by atoms with van der Waals surface area (Å²) in [6, 6.07) is 10.8. The number of ether oxygens (including phenoxy) is 1. The lowest BCUT2D eigenvalue weighted by Crippen LogP contribution is -2.15. The standard InChI is InChI=1S/C19H20N8O2/c1-12-10-17(27-26-12)24-16-6-5-14(11-20)18(25-16)22-8-9-29-15-4-3-7-21-19(15)23-13(2)28/h3-7,10H,8-9H2,1-2H3,(H,21,23,28)(H3,22,24,25,26,27). The first-order valence-corrected chi connectivity index (χ1v) is 8.84. The lowest BCUT2D eigenvalue weighted by molar-refractivity contribution is -0.114. The molecule has 0 fully saturated rings. The van der Waals surface area contributed by atoms with Crippen LogP contribution in [0.4, 0.5) is 23.3 Å². The maximum atomic E-state index is 11.2. The van der Waals surface area contributed by atoms with Gasteiger partial charge in [-0.05, 0) is 31.2 Å². The SMILES string of the molecule is CC(=O)Nc1ncccc1OCCNc1nc(Nc2cc(C)[nH]n2)ccc1C#N. The number of H-pyrrole nitrogens is 1. The van der Waals surface area contributed by atoms with E-state index in [1.165, 1.54) is 6.92 Å². The summed E-state index contributed by atoms with van der Waals surface area (Å²) in [6.45, 7) is 3.97. The number of carbonyl (C=O) groups is 1. The zero-order valence-electron chi connectivity index (χ0n) is 16.0. The van der Waals surface area contributed by atoms with Gasteiger partial charge in [0.05, 0.1) is 12.1 Å². The van der Waals surface area contributed by atoms with Crippen molar-refractivity contribution in [3.8, 4) is 11.8 Å². The number of nitriles is 1. The molecule has 0 aliphatic carbocycles. The zero-order chi connectivity index (χ0) is 20.6. The number of hydrogen-bond donors (Lipinski definition) is 4. The highest BCUT2D eigenvalue weighted by Crippen LogP contribution is 2.21. The minimum Gasteiger partial charge on any atom is -0.488 e. The van der Waals surface area contributed by atoms with E-state index in [-0.39, 0.29) is 12.5 Å². The van der Waals surface area contributed by atoms with Crippen LogP contribution in [0.15, 0.2) is 36.5 Å². The molecule has 3 rings (SSSR count). The van der Waals surface area contributed by atoms with Crippen molar-refractivity contribution in [1.29, 1.82) is 5.26 Å². The third-order valence-electron chi connectivity index (χ3n) is 3.69. The number of hydrogen-bond acceptors (Lipinski definition) is 8. The molecule has 0 bridgehead atoms. The fraction of sp³-hybridized carbons (Fsp3) is 0.211. The normalized spacial score (nSPS) is 10.1. The largest absolute Gasteiger partial charge is 0.488 e. The van der Waals surface area contributed by atoms with Crippen molar-refractivity contribution in [3.63, 3.8) is 0 Å². The number of anilines is 4. The van der Waals surface area contributed by atoms with Crippen LogP contribution in [-0.2, 0) is 4.79 Å². The summed E-state index contributed by atoms with van der Waals surface area (Å²) in [4.78, 5) is 19.8. The van der Waals surface area contributed by atoms with Crippen LogP contribution in [0, 0.1) is 18.3 Å². The number of rotatable bonds is 8. The molecule has 0 aliphatic rings. The van der Waals surface area contributed by atoms with Crippen molar-refractivity contribution in [3.05, 3.63) is 47.8 Å². The molecule has 10 heteroatoms. The molecule has 1 amide bonds. The number of aryl methyl sites for hydroxylation is 1. The van der Waals surface area contributed by atoms with E-state index >= 15 is 0 Å². The van der Waals surface area contributed by atoms with Crippen LogP contribution < -0.4 is 20.7 Å². The Bertz CT molecular complexity index is 1040. The summed E-state index contributed by atoms with van der Waals surface area (Å²) in [5.74, 6) is 2.21. The Morgan fingerprint density at radius 1 is 1.28 bits per heavy atom. The molecule has 0 radical (unpaired) electrons. The van der Waals surface area contributed by atoms with Crippen LogP contribution in [0.1, 0.15) is 18.2 Å². The molecule has 3 aromatic heterocycles. The molecule has 0 aliphatic heterocycles. The monoisotopic (exact) mass is 392 g/mol. The van der Waals surface area contributed by atoms with Crippen molar-refractivity contribution >= 4 is 29.2 Å². The molecule has 3 aromatic rings. The number of pyridine rings is 2. The molecule has 0 unspecified atom stereocenters. The smallest absolute Gasteiger partial charge is 0.222 e. The van der Waals surface area contributed by atoms with E-state index in [2.05, 4.69) is 42.2 Å². The first kappa shape index (κ1) is 19.6. The van der Waals surface area contributed by atoms with E-state index < -0.39 is 0 Å². The Morgan fingerprint density at radius 2 is 2.14 bits per heavy atom. The van der Waals surface area contributed by atoms with Crippen molar-refractivity contribution < 1.29 is 9.53 Å². The van der Waals surface area contributed by atoms with Gasteiger partial charge in [-0.3, -0.25) is 9.89 Å². The average molecular weight is 392 g/mol. The third-order valence-corrected chi connectivity index (χ3v) is 3.69. The molecule has 29 heavy (non-hydrogen) atoms. The molecule has 10 nitrogen and oxygen atoms in total. The van der Waals surface area contributed by atoms with Gasteiger partial charge in [0.25, 0.3) is 0 Å². The molecule has 3 heterocycles. The second kappa shape index (κ2) is 9.18. The van der Waals surface area contributed by atoms with Crippen molar-refractivity contribution in [2.24, 2.45) is 0 Å². The molecule has 0 saturated carbocycles. The lowest BCUT2D eigenvalue weighted by Gasteiger charge is -2.12. The molecule has 4 N–H and O–H groups in total. The number of nitrogens with one attached hydrogen (secondary N) is 4. The van der Waals surface area contributed by atoms with Crippen molar-refractivity contribution in [2.75, 3.05) is 29.1 Å². The maximum absolute atomic E-state index is 11.2. The zero-order valence-corrected chi connectivity index (χ0v) is 16.0. The van der Waals surface area contributed by atoms with E-state index in [0.29, 0.717) is 41.1 Å². The average Bonchev–Trinajstić information content (AvgIpc) is 3.11. The number of aromatic amines is 1. The Kier molecular flexibility index (Phi) is 6.22. The van der Waals surface area contributed by atoms with Gasteiger partial charge in [0.15, 0.2) is 17.4 Å². The molecule has 148 valence electrons.